The number of hydrogen-bond acceptors (Lipinski definition) is 6. The summed E-state index contributed by atoms with van der Waals surface area (Å²) in [4.78, 5) is 18.0. The van der Waals surface area contributed by atoms with Crippen LogP contribution >= 0.6 is 47.8 Å². The smallest absolute Gasteiger partial charge is 0.423 e. The third kappa shape index (κ3) is 7.99. The molecular weight excluding hydrogens is 991 g/mol. The highest BCUT2D eigenvalue weighted by Gasteiger charge is 2.15. The summed E-state index contributed by atoms with van der Waals surface area (Å²) in [7, 11) is -1.44. The molecule has 0 unspecified atom stereocenters. The SMILES string of the molecule is Brc1nc2ccccc2nc1-c1ccc(-n2c3ccccc3c3ccccc32)cc1.Brc1nc2ccccc2nc1Br.OB(O)c1ccc(-n2c3ccccc3c3ccccc32)cc1. The van der Waals surface area contributed by atoms with Gasteiger partial charge in [-0.15, -0.1) is 0 Å². The molecule has 0 bridgehead atoms. The summed E-state index contributed by atoms with van der Waals surface area (Å²) in [5.74, 6) is 0. The molecule has 12 heteroatoms. The topological polar surface area (TPSA) is 102 Å². The average Bonchev–Trinajstić information content (AvgIpc) is 3.85. The van der Waals surface area contributed by atoms with Crippen molar-refractivity contribution in [3.05, 3.63) is 208 Å². The summed E-state index contributed by atoms with van der Waals surface area (Å²) in [6.07, 6.45) is 0. The van der Waals surface area contributed by atoms with Crippen LogP contribution in [0.4, 0.5) is 0 Å². The first-order valence-electron chi connectivity index (χ1n) is 20.4. The Morgan fingerprint density at radius 3 is 1.03 bits per heavy atom. The molecule has 8 aromatic carbocycles. The third-order valence-electron chi connectivity index (χ3n) is 11.0. The minimum atomic E-state index is -1.44. The average molecular weight is 1030 g/mol. The Balaban J connectivity index is 0.000000124. The van der Waals surface area contributed by atoms with Crippen LogP contribution in [0.5, 0.6) is 0 Å². The fourth-order valence-electron chi connectivity index (χ4n) is 8.08. The summed E-state index contributed by atoms with van der Waals surface area (Å²) in [6, 6.07) is 65.2. The molecule has 0 fully saturated rings. The van der Waals surface area contributed by atoms with Crippen LogP contribution < -0.4 is 5.46 Å². The van der Waals surface area contributed by atoms with Gasteiger partial charge in [-0.2, -0.15) is 0 Å². The normalized spacial score (nSPS) is 11.2. The Morgan fingerprint density at radius 1 is 0.344 bits per heavy atom. The van der Waals surface area contributed by atoms with Crippen molar-refractivity contribution in [1.29, 1.82) is 0 Å². The van der Waals surface area contributed by atoms with Gasteiger partial charge in [-0.25, -0.2) is 19.9 Å². The lowest BCUT2D eigenvalue weighted by atomic mass is 9.80. The standard InChI is InChI=1S/C26H16BrN3.C18H14BNO2.C8H4Br2N2/c27-26-25(28-21-9-3-4-10-22(21)29-26)17-13-15-18(16-14-17)30-23-11-5-1-7-19(23)20-8-2-6-12-24(20)30;21-19(22)13-9-11-14(12-10-13)20-17-7-3-1-5-15(17)16-6-2-4-8-18(16)20;9-7-8(10)12-6-4-2-1-3-5(6)11-7/h1-16H;1-12,21-22H;1-4H. The van der Waals surface area contributed by atoms with E-state index in [4.69, 9.17) is 4.98 Å². The molecule has 4 heterocycles. The van der Waals surface area contributed by atoms with Crippen LogP contribution in [0.25, 0.3) is 88.3 Å². The fraction of sp³-hybridized carbons (Fsp3) is 0. The Morgan fingerprint density at radius 2 is 0.656 bits per heavy atom. The zero-order valence-electron chi connectivity index (χ0n) is 33.8. The van der Waals surface area contributed by atoms with Gasteiger partial charge in [-0.3, -0.25) is 0 Å². The summed E-state index contributed by atoms with van der Waals surface area (Å²) in [6.45, 7) is 0. The van der Waals surface area contributed by atoms with Gasteiger partial charge in [0.15, 0.2) is 0 Å². The molecular formula is C52H34BBr3N6O2. The Hall–Kier alpha value is -6.54. The van der Waals surface area contributed by atoms with Crippen molar-refractivity contribution < 1.29 is 10.0 Å². The molecule has 0 atom stereocenters. The number of nitrogens with zero attached hydrogens (tertiary/aromatic N) is 6. The molecule has 0 spiro atoms. The van der Waals surface area contributed by atoms with E-state index in [2.05, 4.69) is 169 Å². The Bertz CT molecular complexity index is 3510. The molecule has 2 N–H and O–H groups in total. The summed E-state index contributed by atoms with van der Waals surface area (Å²) in [5, 5.41) is 23.4. The van der Waals surface area contributed by atoms with E-state index >= 15 is 0 Å². The van der Waals surface area contributed by atoms with E-state index in [1.165, 1.54) is 32.6 Å². The van der Waals surface area contributed by atoms with Crippen molar-refractivity contribution >= 4 is 126 Å². The molecule has 0 aliphatic rings. The highest BCUT2D eigenvalue weighted by molar-refractivity contribution is 9.13. The van der Waals surface area contributed by atoms with Crippen molar-refractivity contribution in [1.82, 2.24) is 29.1 Å². The van der Waals surface area contributed by atoms with Crippen LogP contribution in [-0.2, 0) is 0 Å². The van der Waals surface area contributed by atoms with Gasteiger partial charge in [0, 0.05) is 38.5 Å². The lowest BCUT2D eigenvalue weighted by Crippen LogP contribution is -2.29. The van der Waals surface area contributed by atoms with Crippen LogP contribution in [0.1, 0.15) is 0 Å². The first-order chi connectivity index (χ1) is 31.3. The molecule has 12 rings (SSSR count). The van der Waals surface area contributed by atoms with Gasteiger partial charge in [0.25, 0.3) is 0 Å². The number of fused-ring (bicyclic) bond motifs is 8. The van der Waals surface area contributed by atoms with Gasteiger partial charge < -0.3 is 19.2 Å². The van der Waals surface area contributed by atoms with E-state index in [1.54, 1.807) is 12.1 Å². The van der Waals surface area contributed by atoms with Crippen molar-refractivity contribution in [2.45, 2.75) is 0 Å². The Kier molecular flexibility index (Phi) is 11.6. The fourth-order valence-corrected chi connectivity index (χ4v) is 9.15. The number of halogens is 3. The van der Waals surface area contributed by atoms with Crippen LogP contribution in [0, 0.1) is 0 Å². The van der Waals surface area contributed by atoms with Crippen LogP contribution in [0.2, 0.25) is 0 Å². The highest BCUT2D eigenvalue weighted by atomic mass is 79.9. The maximum Gasteiger partial charge on any atom is 0.488 e. The number of rotatable bonds is 4. The largest absolute Gasteiger partial charge is 0.488 e. The molecule has 0 aliphatic carbocycles. The summed E-state index contributed by atoms with van der Waals surface area (Å²) >= 11 is 10.2. The minimum Gasteiger partial charge on any atom is -0.423 e. The second kappa shape index (κ2) is 17.9. The molecule has 4 aromatic heterocycles. The van der Waals surface area contributed by atoms with E-state index in [0.29, 0.717) is 5.46 Å². The van der Waals surface area contributed by atoms with Gasteiger partial charge >= 0.3 is 7.12 Å². The van der Waals surface area contributed by atoms with Crippen molar-refractivity contribution in [2.24, 2.45) is 0 Å². The van der Waals surface area contributed by atoms with Gasteiger partial charge in [0.2, 0.25) is 0 Å². The molecule has 0 radical (unpaired) electrons. The van der Waals surface area contributed by atoms with Crippen molar-refractivity contribution in [3.63, 3.8) is 0 Å². The van der Waals surface area contributed by atoms with E-state index in [9.17, 15) is 10.0 Å². The van der Waals surface area contributed by atoms with Crippen LogP contribution in [0.15, 0.2) is 208 Å². The van der Waals surface area contributed by atoms with Gasteiger partial charge in [-0.05, 0) is 126 Å². The maximum atomic E-state index is 9.24. The zero-order valence-corrected chi connectivity index (χ0v) is 38.5. The molecule has 8 nitrogen and oxygen atoms in total. The second-order valence-corrected chi connectivity index (χ2v) is 17.2. The summed E-state index contributed by atoms with van der Waals surface area (Å²) in [5.41, 5.74) is 12.8. The van der Waals surface area contributed by atoms with Gasteiger partial charge in [0.1, 0.15) is 19.5 Å². The highest BCUT2D eigenvalue weighted by Crippen LogP contribution is 2.34. The molecule has 12 aromatic rings. The molecule has 0 saturated carbocycles. The quantitative estimate of drug-likeness (QED) is 0.170. The maximum absolute atomic E-state index is 9.24. The van der Waals surface area contributed by atoms with Gasteiger partial charge in [0.05, 0.1) is 44.1 Å². The number of hydrogen-bond donors (Lipinski definition) is 2. The van der Waals surface area contributed by atoms with E-state index in [0.717, 1.165) is 69.5 Å². The summed E-state index contributed by atoms with van der Waals surface area (Å²) < 4.78 is 6.74. The minimum absolute atomic E-state index is 0.490. The van der Waals surface area contributed by atoms with Crippen molar-refractivity contribution in [3.8, 4) is 22.6 Å². The predicted octanol–water partition coefficient (Wildman–Crippen LogP) is 12.8. The third-order valence-corrected chi connectivity index (χ3v) is 13.2. The van der Waals surface area contributed by atoms with E-state index in [1.807, 2.05) is 84.9 Å². The second-order valence-electron chi connectivity index (χ2n) is 14.9. The first-order valence-corrected chi connectivity index (χ1v) is 22.7. The van der Waals surface area contributed by atoms with Crippen LogP contribution in [-0.4, -0.2) is 46.2 Å². The Labute approximate surface area is 393 Å². The monoisotopic (exact) mass is 1020 g/mol. The van der Waals surface area contributed by atoms with E-state index in [-0.39, 0.29) is 0 Å². The number of aromatic nitrogens is 6. The van der Waals surface area contributed by atoms with Gasteiger partial charge in [-0.1, -0.05) is 121 Å². The molecule has 308 valence electrons. The first kappa shape index (κ1) is 41.5. The molecule has 0 amide bonds. The predicted molar refractivity (Wildman–Crippen MR) is 273 cm³/mol. The molecule has 64 heavy (non-hydrogen) atoms. The lowest BCUT2D eigenvalue weighted by Gasteiger charge is -2.10. The number of para-hydroxylation sites is 8. The number of benzene rings is 8. The molecule has 0 saturated heterocycles. The van der Waals surface area contributed by atoms with Crippen LogP contribution in [0.3, 0.4) is 0 Å². The lowest BCUT2D eigenvalue weighted by molar-refractivity contribution is 0.426. The van der Waals surface area contributed by atoms with Crippen molar-refractivity contribution in [2.75, 3.05) is 0 Å². The molecule has 0 aliphatic heterocycles. The zero-order chi connectivity index (χ0) is 43.7. The van der Waals surface area contributed by atoms with E-state index < -0.39 is 7.12 Å².